The number of benzene rings is 1. The number of rotatable bonds is 5. The molecule has 1 rings (SSSR count). The highest BCUT2D eigenvalue weighted by molar-refractivity contribution is 7.99. The second-order valence-corrected chi connectivity index (χ2v) is 6.06. The van der Waals surface area contributed by atoms with Gasteiger partial charge in [-0.1, -0.05) is 12.1 Å². The van der Waals surface area contributed by atoms with Crippen LogP contribution in [0.4, 0.5) is 0 Å². The predicted octanol–water partition coefficient (Wildman–Crippen LogP) is 3.80. The molecule has 0 saturated carbocycles. The van der Waals surface area contributed by atoms with Crippen LogP contribution in [0.3, 0.4) is 0 Å². The first-order valence-corrected chi connectivity index (χ1v) is 6.75. The lowest BCUT2D eigenvalue weighted by molar-refractivity contribution is 0.00694. The third kappa shape index (κ3) is 5.89. The quantitative estimate of drug-likeness (QED) is 0.453. The Morgan fingerprint density at radius 2 is 1.82 bits per heavy atom. The molecule has 0 spiro atoms. The number of hydrogen-bond donors (Lipinski definition) is 0. The van der Waals surface area contributed by atoms with Gasteiger partial charge in [0.1, 0.15) is 0 Å². The Morgan fingerprint density at radius 3 is 2.29 bits per heavy atom. The Bertz CT molecular complexity index is 363. The van der Waals surface area contributed by atoms with Gasteiger partial charge in [0.2, 0.25) is 0 Å². The summed E-state index contributed by atoms with van der Waals surface area (Å²) in [5.74, 6) is 1.04. The van der Waals surface area contributed by atoms with Gasteiger partial charge in [-0.2, -0.15) is 0 Å². The zero-order valence-corrected chi connectivity index (χ0v) is 11.8. The monoisotopic (exact) mass is 252 g/mol. The van der Waals surface area contributed by atoms with E-state index in [0.717, 1.165) is 17.9 Å². The zero-order chi connectivity index (χ0) is 12.9. The summed E-state index contributed by atoms with van der Waals surface area (Å²) in [4.78, 5) is 12.3. The van der Waals surface area contributed by atoms with E-state index in [1.54, 1.807) is 18.7 Å². The fraction of sp³-hybridized carbons (Fsp3) is 0.500. The molecule has 0 heterocycles. The fourth-order valence-electron chi connectivity index (χ4n) is 1.29. The first-order chi connectivity index (χ1) is 7.88. The van der Waals surface area contributed by atoms with Crippen molar-refractivity contribution < 1.29 is 9.53 Å². The number of carbonyl (C=O) groups excluding carboxylic acids is 1. The molecule has 0 unspecified atom stereocenters. The molecule has 2 nitrogen and oxygen atoms in total. The van der Waals surface area contributed by atoms with Crippen LogP contribution in [0.1, 0.15) is 38.1 Å². The summed E-state index contributed by atoms with van der Waals surface area (Å²) in [5.41, 5.74) is 0.694. The zero-order valence-electron chi connectivity index (χ0n) is 10.9. The minimum Gasteiger partial charge on any atom is -0.375 e. The van der Waals surface area contributed by atoms with Gasteiger partial charge in [-0.3, -0.25) is 4.79 Å². The highest BCUT2D eigenvalue weighted by Crippen LogP contribution is 2.19. The Morgan fingerprint density at radius 1 is 1.24 bits per heavy atom. The minimum atomic E-state index is -0.0704. The lowest BCUT2D eigenvalue weighted by Crippen LogP contribution is -2.20. The fourth-order valence-corrected chi connectivity index (χ4v) is 2.02. The molecule has 0 aliphatic carbocycles. The van der Waals surface area contributed by atoms with Crippen molar-refractivity contribution in [3.63, 3.8) is 0 Å². The molecule has 1 aromatic rings. The molecule has 3 heteroatoms. The van der Waals surface area contributed by atoms with Crippen LogP contribution in [0.5, 0.6) is 0 Å². The van der Waals surface area contributed by atoms with Crippen molar-refractivity contribution in [1.29, 1.82) is 0 Å². The minimum absolute atomic E-state index is 0.0704. The van der Waals surface area contributed by atoms with Gasteiger partial charge in [-0.05, 0) is 39.8 Å². The van der Waals surface area contributed by atoms with Crippen LogP contribution in [0.25, 0.3) is 0 Å². The molecular formula is C14H20O2S. The third-order valence-corrected chi connectivity index (χ3v) is 3.12. The van der Waals surface area contributed by atoms with E-state index in [1.165, 1.54) is 4.90 Å². The maximum absolute atomic E-state index is 11.1. The summed E-state index contributed by atoms with van der Waals surface area (Å²) in [6.07, 6.45) is 0. The molecule has 0 aromatic heterocycles. The molecule has 0 atom stereocenters. The van der Waals surface area contributed by atoms with Crippen molar-refractivity contribution in [1.82, 2.24) is 0 Å². The SMILES string of the molecule is CC(=O)c1ccc(SCCOC(C)(C)C)cc1. The average Bonchev–Trinajstić information content (AvgIpc) is 2.24. The highest BCUT2D eigenvalue weighted by atomic mass is 32.2. The first kappa shape index (κ1) is 14.3. The molecule has 0 aliphatic heterocycles. The number of thioether (sulfide) groups is 1. The van der Waals surface area contributed by atoms with Gasteiger partial charge in [-0.25, -0.2) is 0 Å². The van der Waals surface area contributed by atoms with E-state index < -0.39 is 0 Å². The van der Waals surface area contributed by atoms with Gasteiger partial charge in [-0.15, -0.1) is 11.8 Å². The maximum Gasteiger partial charge on any atom is 0.159 e. The van der Waals surface area contributed by atoms with Crippen LogP contribution in [0.2, 0.25) is 0 Å². The third-order valence-electron chi connectivity index (χ3n) is 2.15. The van der Waals surface area contributed by atoms with Gasteiger partial charge >= 0.3 is 0 Å². The summed E-state index contributed by atoms with van der Waals surface area (Å²) in [6, 6.07) is 7.71. The van der Waals surface area contributed by atoms with Crippen LogP contribution in [0.15, 0.2) is 29.2 Å². The average molecular weight is 252 g/mol. The first-order valence-electron chi connectivity index (χ1n) is 5.76. The summed E-state index contributed by atoms with van der Waals surface area (Å²) in [5, 5.41) is 0. The standard InChI is InChI=1S/C14H20O2S/c1-11(15)12-5-7-13(8-6-12)17-10-9-16-14(2,3)4/h5-8H,9-10H2,1-4H3. The Kier molecular flexibility index (Phi) is 5.22. The Labute approximate surface area is 108 Å². The van der Waals surface area contributed by atoms with E-state index in [4.69, 9.17) is 4.74 Å². The summed E-state index contributed by atoms with van der Waals surface area (Å²) < 4.78 is 5.64. The van der Waals surface area contributed by atoms with Crippen molar-refractivity contribution in [2.75, 3.05) is 12.4 Å². The van der Waals surface area contributed by atoms with Crippen molar-refractivity contribution >= 4 is 17.5 Å². The number of carbonyl (C=O) groups is 1. The van der Waals surface area contributed by atoms with Gasteiger partial charge in [0.25, 0.3) is 0 Å². The Hall–Kier alpha value is -0.800. The maximum atomic E-state index is 11.1. The Balaban J connectivity index is 2.35. The van der Waals surface area contributed by atoms with E-state index in [1.807, 2.05) is 24.3 Å². The second kappa shape index (κ2) is 6.22. The van der Waals surface area contributed by atoms with Crippen LogP contribution in [-0.2, 0) is 4.74 Å². The van der Waals surface area contributed by atoms with Crippen molar-refractivity contribution in [3.8, 4) is 0 Å². The summed E-state index contributed by atoms with van der Waals surface area (Å²) in [6.45, 7) is 8.49. The number of ether oxygens (including phenoxy) is 1. The lowest BCUT2D eigenvalue weighted by atomic mass is 10.2. The van der Waals surface area contributed by atoms with Crippen molar-refractivity contribution in [3.05, 3.63) is 29.8 Å². The molecule has 0 aliphatic rings. The van der Waals surface area contributed by atoms with E-state index in [9.17, 15) is 4.79 Å². The van der Waals surface area contributed by atoms with E-state index >= 15 is 0 Å². The summed E-state index contributed by atoms with van der Waals surface area (Å²) >= 11 is 1.75. The molecule has 94 valence electrons. The van der Waals surface area contributed by atoms with E-state index in [2.05, 4.69) is 20.8 Å². The van der Waals surface area contributed by atoms with E-state index in [-0.39, 0.29) is 11.4 Å². The lowest BCUT2D eigenvalue weighted by Gasteiger charge is -2.19. The van der Waals surface area contributed by atoms with Crippen LogP contribution in [-0.4, -0.2) is 23.7 Å². The van der Waals surface area contributed by atoms with Crippen molar-refractivity contribution in [2.45, 2.75) is 38.2 Å². The number of ketones is 1. The summed E-state index contributed by atoms with van der Waals surface area (Å²) in [7, 11) is 0. The molecule has 1 aromatic carbocycles. The van der Waals surface area contributed by atoms with Crippen LogP contribution < -0.4 is 0 Å². The topological polar surface area (TPSA) is 26.3 Å². The van der Waals surface area contributed by atoms with Gasteiger partial charge in [0.15, 0.2) is 5.78 Å². The largest absolute Gasteiger partial charge is 0.375 e. The number of Topliss-reactive ketones (excluding diaryl/α,β-unsaturated/α-hetero) is 1. The smallest absolute Gasteiger partial charge is 0.159 e. The molecule has 0 N–H and O–H groups in total. The molecular weight excluding hydrogens is 232 g/mol. The van der Waals surface area contributed by atoms with Gasteiger partial charge in [0, 0.05) is 16.2 Å². The molecule has 0 radical (unpaired) electrons. The second-order valence-electron chi connectivity index (χ2n) is 4.89. The van der Waals surface area contributed by atoms with Crippen molar-refractivity contribution in [2.24, 2.45) is 0 Å². The molecule has 0 saturated heterocycles. The molecule has 0 bridgehead atoms. The van der Waals surface area contributed by atoms with Gasteiger partial charge in [0.05, 0.1) is 12.2 Å². The molecule has 0 amide bonds. The number of hydrogen-bond acceptors (Lipinski definition) is 3. The molecule has 17 heavy (non-hydrogen) atoms. The van der Waals surface area contributed by atoms with Crippen LogP contribution in [0, 0.1) is 0 Å². The van der Waals surface area contributed by atoms with Crippen LogP contribution >= 0.6 is 11.8 Å². The normalized spacial score (nSPS) is 11.5. The highest BCUT2D eigenvalue weighted by Gasteiger charge is 2.09. The molecule has 0 fully saturated rings. The predicted molar refractivity (Wildman–Crippen MR) is 72.9 cm³/mol. The van der Waals surface area contributed by atoms with E-state index in [0.29, 0.717) is 0 Å². The van der Waals surface area contributed by atoms with Gasteiger partial charge < -0.3 is 4.74 Å².